The van der Waals surface area contributed by atoms with Gasteiger partial charge in [-0.1, -0.05) is 32.9 Å². The van der Waals surface area contributed by atoms with Crippen molar-refractivity contribution >= 4 is 11.6 Å². The van der Waals surface area contributed by atoms with E-state index in [1.54, 1.807) is 7.11 Å². The molecule has 0 fully saturated rings. The minimum atomic E-state index is -0.447. The number of ether oxygens (including phenoxy) is 1. The summed E-state index contributed by atoms with van der Waals surface area (Å²) in [6.45, 7) is 9.60. The van der Waals surface area contributed by atoms with Gasteiger partial charge in [0.25, 0.3) is 5.91 Å². The molecule has 1 heterocycles. The molecule has 1 unspecified atom stereocenters. The number of fused-ring (bicyclic) bond motifs is 1. The number of rotatable bonds is 3. The maximum atomic E-state index is 12.8. The SMILES string of the molecule is COCCN1C(=O)c2ccccc2NC1(C)C(C)(C)C. The first-order valence-electron chi connectivity index (χ1n) is 6.99. The fourth-order valence-electron chi connectivity index (χ4n) is 2.56. The van der Waals surface area contributed by atoms with Crippen LogP contribution in [0.1, 0.15) is 38.1 Å². The number of anilines is 1. The molecule has 1 N–H and O–H groups in total. The quantitative estimate of drug-likeness (QED) is 0.923. The Labute approximate surface area is 121 Å². The first kappa shape index (κ1) is 14.9. The molecular weight excluding hydrogens is 252 g/mol. The predicted octanol–water partition coefficient (Wildman–Crippen LogP) is 2.96. The molecule has 0 saturated heterocycles. The van der Waals surface area contributed by atoms with Crippen molar-refractivity contribution in [2.24, 2.45) is 5.41 Å². The predicted molar refractivity (Wildman–Crippen MR) is 80.8 cm³/mol. The fourth-order valence-corrected chi connectivity index (χ4v) is 2.56. The van der Waals surface area contributed by atoms with Crippen molar-refractivity contribution in [3.63, 3.8) is 0 Å². The third kappa shape index (κ3) is 2.29. The molecule has 0 spiro atoms. The van der Waals surface area contributed by atoms with E-state index in [4.69, 9.17) is 4.74 Å². The zero-order chi connectivity index (χ0) is 15.0. The lowest BCUT2D eigenvalue weighted by Crippen LogP contribution is -2.65. The van der Waals surface area contributed by atoms with Gasteiger partial charge in [0.15, 0.2) is 0 Å². The molecule has 110 valence electrons. The summed E-state index contributed by atoms with van der Waals surface area (Å²) in [7, 11) is 1.66. The lowest BCUT2D eigenvalue weighted by molar-refractivity contribution is 0.00949. The number of hydrogen-bond donors (Lipinski definition) is 1. The summed E-state index contributed by atoms with van der Waals surface area (Å²) in [6, 6.07) is 7.68. The average Bonchev–Trinajstić information content (AvgIpc) is 2.37. The van der Waals surface area contributed by atoms with Crippen LogP contribution in [-0.2, 0) is 4.74 Å². The van der Waals surface area contributed by atoms with Crippen LogP contribution in [0.15, 0.2) is 24.3 Å². The van der Waals surface area contributed by atoms with Gasteiger partial charge in [0, 0.05) is 24.8 Å². The van der Waals surface area contributed by atoms with Crippen LogP contribution in [0, 0.1) is 5.41 Å². The lowest BCUT2D eigenvalue weighted by Gasteiger charge is -2.53. The van der Waals surface area contributed by atoms with Crippen LogP contribution in [0.5, 0.6) is 0 Å². The fraction of sp³-hybridized carbons (Fsp3) is 0.562. The Balaban J connectivity index is 2.48. The molecule has 4 nitrogen and oxygen atoms in total. The van der Waals surface area contributed by atoms with Gasteiger partial charge in [0.1, 0.15) is 5.66 Å². The van der Waals surface area contributed by atoms with Crippen LogP contribution < -0.4 is 5.32 Å². The molecule has 1 amide bonds. The van der Waals surface area contributed by atoms with Crippen molar-refractivity contribution in [1.82, 2.24) is 4.90 Å². The van der Waals surface area contributed by atoms with Crippen molar-refractivity contribution in [3.8, 4) is 0 Å². The Morgan fingerprint density at radius 1 is 1.30 bits per heavy atom. The summed E-state index contributed by atoms with van der Waals surface area (Å²) in [5.74, 6) is 0.0637. The third-order valence-electron chi connectivity index (χ3n) is 4.30. The van der Waals surface area contributed by atoms with Crippen molar-refractivity contribution in [2.45, 2.75) is 33.4 Å². The van der Waals surface area contributed by atoms with E-state index in [2.05, 4.69) is 33.0 Å². The van der Waals surface area contributed by atoms with Crippen LogP contribution in [-0.4, -0.2) is 36.7 Å². The van der Waals surface area contributed by atoms with Gasteiger partial charge in [-0.15, -0.1) is 0 Å². The summed E-state index contributed by atoms with van der Waals surface area (Å²) < 4.78 is 5.17. The van der Waals surface area contributed by atoms with E-state index in [1.807, 2.05) is 29.2 Å². The molecule has 0 radical (unpaired) electrons. The third-order valence-corrected chi connectivity index (χ3v) is 4.30. The van der Waals surface area contributed by atoms with Gasteiger partial charge in [-0.05, 0) is 19.1 Å². The monoisotopic (exact) mass is 276 g/mol. The molecule has 1 aliphatic heterocycles. The zero-order valence-electron chi connectivity index (χ0n) is 13.0. The largest absolute Gasteiger partial charge is 0.383 e. The van der Waals surface area contributed by atoms with Crippen molar-refractivity contribution < 1.29 is 9.53 Å². The molecule has 0 bridgehead atoms. The number of methoxy groups -OCH3 is 1. The molecule has 1 aromatic carbocycles. The van der Waals surface area contributed by atoms with E-state index in [1.165, 1.54) is 0 Å². The van der Waals surface area contributed by atoms with Crippen molar-refractivity contribution in [2.75, 3.05) is 25.6 Å². The van der Waals surface area contributed by atoms with E-state index >= 15 is 0 Å². The topological polar surface area (TPSA) is 41.6 Å². The summed E-state index contributed by atoms with van der Waals surface area (Å²) >= 11 is 0. The standard InChI is InChI=1S/C16H24N2O2/c1-15(2,3)16(4)17-13-9-7-6-8-12(13)14(19)18(16)10-11-20-5/h6-9,17H,10-11H2,1-5H3. The number of nitrogens with zero attached hydrogens (tertiary/aromatic N) is 1. The Bertz CT molecular complexity index is 507. The van der Waals surface area contributed by atoms with E-state index < -0.39 is 5.66 Å². The van der Waals surface area contributed by atoms with Crippen molar-refractivity contribution in [3.05, 3.63) is 29.8 Å². The summed E-state index contributed by atoms with van der Waals surface area (Å²) in [5.41, 5.74) is 1.08. The molecule has 1 aliphatic rings. The van der Waals surface area contributed by atoms with Gasteiger partial charge < -0.3 is 15.0 Å². The molecule has 2 rings (SSSR count). The smallest absolute Gasteiger partial charge is 0.257 e. The maximum absolute atomic E-state index is 12.8. The number of para-hydroxylation sites is 1. The van der Waals surface area contributed by atoms with Crippen LogP contribution >= 0.6 is 0 Å². The van der Waals surface area contributed by atoms with Gasteiger partial charge in [0.2, 0.25) is 0 Å². The summed E-state index contributed by atoms with van der Waals surface area (Å²) in [4.78, 5) is 14.7. The number of carbonyl (C=O) groups is 1. The Morgan fingerprint density at radius 2 is 1.95 bits per heavy atom. The summed E-state index contributed by atoms with van der Waals surface area (Å²) in [6.07, 6.45) is 0. The second-order valence-corrected chi connectivity index (χ2v) is 6.44. The minimum absolute atomic E-state index is 0.0637. The Hall–Kier alpha value is -1.55. The van der Waals surface area contributed by atoms with E-state index in [0.29, 0.717) is 13.2 Å². The molecule has 4 heteroatoms. The molecule has 1 aromatic rings. The second-order valence-electron chi connectivity index (χ2n) is 6.44. The highest BCUT2D eigenvalue weighted by molar-refractivity contribution is 6.02. The highest BCUT2D eigenvalue weighted by atomic mass is 16.5. The zero-order valence-corrected chi connectivity index (χ0v) is 13.0. The first-order valence-corrected chi connectivity index (χ1v) is 6.99. The van der Waals surface area contributed by atoms with Crippen LogP contribution in [0.4, 0.5) is 5.69 Å². The molecule has 20 heavy (non-hydrogen) atoms. The lowest BCUT2D eigenvalue weighted by atomic mass is 9.78. The average molecular weight is 276 g/mol. The van der Waals surface area contributed by atoms with Gasteiger partial charge in [0.05, 0.1) is 12.2 Å². The van der Waals surface area contributed by atoms with Crippen LogP contribution in [0.25, 0.3) is 0 Å². The van der Waals surface area contributed by atoms with Crippen LogP contribution in [0.2, 0.25) is 0 Å². The number of nitrogens with one attached hydrogen (secondary N) is 1. The second kappa shape index (κ2) is 5.09. The maximum Gasteiger partial charge on any atom is 0.257 e. The van der Waals surface area contributed by atoms with E-state index in [9.17, 15) is 4.79 Å². The Kier molecular flexibility index (Phi) is 3.78. The number of benzene rings is 1. The number of hydrogen-bond acceptors (Lipinski definition) is 3. The summed E-state index contributed by atoms with van der Waals surface area (Å²) in [5, 5.41) is 3.55. The van der Waals surface area contributed by atoms with E-state index in [-0.39, 0.29) is 11.3 Å². The van der Waals surface area contributed by atoms with Crippen molar-refractivity contribution in [1.29, 1.82) is 0 Å². The minimum Gasteiger partial charge on any atom is -0.383 e. The van der Waals surface area contributed by atoms with Gasteiger partial charge in [-0.2, -0.15) is 0 Å². The Morgan fingerprint density at radius 3 is 2.55 bits per heavy atom. The van der Waals surface area contributed by atoms with E-state index in [0.717, 1.165) is 11.3 Å². The molecule has 0 saturated carbocycles. The molecular formula is C16H24N2O2. The molecule has 1 atom stereocenters. The molecule has 0 aromatic heterocycles. The number of carbonyl (C=O) groups excluding carboxylic acids is 1. The van der Waals surface area contributed by atoms with Gasteiger partial charge in [-0.25, -0.2) is 0 Å². The van der Waals surface area contributed by atoms with Crippen LogP contribution in [0.3, 0.4) is 0 Å². The normalized spacial score (nSPS) is 22.4. The molecule has 0 aliphatic carbocycles. The highest BCUT2D eigenvalue weighted by Crippen LogP contribution is 2.41. The highest BCUT2D eigenvalue weighted by Gasteiger charge is 2.48. The van der Waals surface area contributed by atoms with Gasteiger partial charge in [-0.3, -0.25) is 4.79 Å². The first-order chi connectivity index (χ1) is 9.31. The van der Waals surface area contributed by atoms with Gasteiger partial charge >= 0.3 is 0 Å². The number of amides is 1.